The van der Waals surface area contributed by atoms with Gasteiger partial charge in [0.25, 0.3) is 0 Å². The first-order valence-electron chi connectivity index (χ1n) is 8.88. The van der Waals surface area contributed by atoms with Crippen molar-refractivity contribution < 1.29 is 4.52 Å². The van der Waals surface area contributed by atoms with Crippen molar-refractivity contribution in [3.05, 3.63) is 11.7 Å². The van der Waals surface area contributed by atoms with E-state index in [0.29, 0.717) is 12.5 Å². The number of aromatic nitrogens is 2. The fourth-order valence-electron chi connectivity index (χ4n) is 4.06. The van der Waals surface area contributed by atoms with Crippen LogP contribution in [0.1, 0.15) is 94.7 Å². The quantitative estimate of drug-likeness (QED) is 0.912. The summed E-state index contributed by atoms with van der Waals surface area (Å²) in [5, 5.41) is 4.34. The summed E-state index contributed by atoms with van der Waals surface area (Å²) in [5.41, 5.74) is 6.04. The van der Waals surface area contributed by atoms with Crippen molar-refractivity contribution in [2.24, 2.45) is 5.73 Å². The molecule has 0 radical (unpaired) electrons. The molecule has 2 saturated carbocycles. The van der Waals surface area contributed by atoms with Gasteiger partial charge in [0.15, 0.2) is 5.82 Å². The molecule has 3 rings (SSSR count). The molecule has 0 amide bonds. The minimum absolute atomic E-state index is 0.0366. The average Bonchev–Trinajstić information content (AvgIpc) is 2.98. The summed E-state index contributed by atoms with van der Waals surface area (Å²) < 4.78 is 5.68. The van der Waals surface area contributed by atoms with Crippen LogP contribution in [0.2, 0.25) is 0 Å². The molecule has 118 valence electrons. The maximum atomic E-state index is 6.08. The van der Waals surface area contributed by atoms with Crippen LogP contribution in [0.5, 0.6) is 0 Å². The molecule has 0 spiro atoms. The Hall–Kier alpha value is -0.900. The highest BCUT2D eigenvalue weighted by atomic mass is 16.5. The third-order valence-corrected chi connectivity index (χ3v) is 5.57. The molecule has 0 saturated heterocycles. The minimum Gasteiger partial charge on any atom is -0.339 e. The van der Waals surface area contributed by atoms with Crippen molar-refractivity contribution in [3.8, 4) is 0 Å². The summed E-state index contributed by atoms with van der Waals surface area (Å²) >= 11 is 0. The molecule has 2 aliphatic carbocycles. The summed E-state index contributed by atoms with van der Waals surface area (Å²) in [6.45, 7) is 0.638. The van der Waals surface area contributed by atoms with Gasteiger partial charge < -0.3 is 10.3 Å². The van der Waals surface area contributed by atoms with Crippen LogP contribution in [0.25, 0.3) is 0 Å². The Kier molecular flexibility index (Phi) is 4.94. The second-order valence-electron chi connectivity index (χ2n) is 7.04. The molecule has 2 fully saturated rings. The van der Waals surface area contributed by atoms with Gasteiger partial charge in [-0.25, -0.2) is 0 Å². The van der Waals surface area contributed by atoms with Gasteiger partial charge in [0.05, 0.1) is 5.41 Å². The van der Waals surface area contributed by atoms with Crippen LogP contribution >= 0.6 is 0 Å². The Morgan fingerprint density at radius 2 is 1.57 bits per heavy atom. The summed E-state index contributed by atoms with van der Waals surface area (Å²) in [4.78, 5) is 4.82. The molecule has 21 heavy (non-hydrogen) atoms. The van der Waals surface area contributed by atoms with E-state index in [0.717, 1.165) is 24.6 Å². The van der Waals surface area contributed by atoms with Gasteiger partial charge in [0.1, 0.15) is 0 Å². The molecule has 2 aliphatic rings. The van der Waals surface area contributed by atoms with Gasteiger partial charge >= 0.3 is 0 Å². The molecule has 0 bridgehead atoms. The van der Waals surface area contributed by atoms with Crippen molar-refractivity contribution in [2.75, 3.05) is 6.54 Å². The zero-order valence-corrected chi connectivity index (χ0v) is 13.1. The van der Waals surface area contributed by atoms with Gasteiger partial charge in [0.2, 0.25) is 5.89 Å². The van der Waals surface area contributed by atoms with Crippen LogP contribution in [-0.2, 0) is 5.41 Å². The minimum atomic E-state index is -0.0366. The molecule has 0 unspecified atom stereocenters. The highest BCUT2D eigenvalue weighted by molar-refractivity contribution is 5.09. The van der Waals surface area contributed by atoms with Gasteiger partial charge in [-0.05, 0) is 25.7 Å². The number of nitrogens with two attached hydrogens (primary N) is 1. The highest BCUT2D eigenvalue weighted by Crippen LogP contribution is 2.39. The first-order valence-corrected chi connectivity index (χ1v) is 8.88. The van der Waals surface area contributed by atoms with Crippen LogP contribution in [-0.4, -0.2) is 16.7 Å². The predicted molar refractivity (Wildman–Crippen MR) is 83.2 cm³/mol. The van der Waals surface area contributed by atoms with E-state index >= 15 is 0 Å². The van der Waals surface area contributed by atoms with E-state index in [1.54, 1.807) is 0 Å². The van der Waals surface area contributed by atoms with Gasteiger partial charge in [-0.1, -0.05) is 56.5 Å². The van der Waals surface area contributed by atoms with E-state index < -0.39 is 0 Å². The van der Waals surface area contributed by atoms with Crippen LogP contribution < -0.4 is 5.73 Å². The molecule has 0 atom stereocenters. The number of rotatable bonds is 3. The maximum Gasteiger partial charge on any atom is 0.234 e. The molecular weight excluding hydrogens is 262 g/mol. The summed E-state index contributed by atoms with van der Waals surface area (Å²) in [5.74, 6) is 2.27. The van der Waals surface area contributed by atoms with Crippen LogP contribution in [0.3, 0.4) is 0 Å². The first-order chi connectivity index (χ1) is 10.3. The average molecular weight is 291 g/mol. The second kappa shape index (κ2) is 6.91. The number of hydrogen-bond acceptors (Lipinski definition) is 4. The van der Waals surface area contributed by atoms with Crippen LogP contribution in [0.4, 0.5) is 0 Å². The van der Waals surface area contributed by atoms with Crippen molar-refractivity contribution in [3.63, 3.8) is 0 Å². The summed E-state index contributed by atoms with van der Waals surface area (Å²) in [7, 11) is 0. The van der Waals surface area contributed by atoms with Crippen molar-refractivity contribution in [1.29, 1.82) is 0 Å². The van der Waals surface area contributed by atoms with E-state index in [1.807, 2.05) is 0 Å². The van der Waals surface area contributed by atoms with Gasteiger partial charge in [-0.2, -0.15) is 4.98 Å². The van der Waals surface area contributed by atoms with Crippen LogP contribution in [0, 0.1) is 0 Å². The first kappa shape index (κ1) is 15.0. The normalized spacial score (nSPS) is 24.4. The summed E-state index contributed by atoms with van der Waals surface area (Å²) in [6, 6.07) is 0. The van der Waals surface area contributed by atoms with Crippen molar-refractivity contribution in [1.82, 2.24) is 10.1 Å². The van der Waals surface area contributed by atoms with E-state index in [1.165, 1.54) is 64.2 Å². The number of nitrogens with zero attached hydrogens (tertiary/aromatic N) is 2. The van der Waals surface area contributed by atoms with Crippen molar-refractivity contribution >= 4 is 0 Å². The standard InChI is InChI=1S/C17H29N3O/c18-13-17(11-7-4-8-12-17)16-19-15(20-21-16)14-9-5-2-1-3-6-10-14/h14H,1-13,18H2. The molecule has 1 heterocycles. The lowest BCUT2D eigenvalue weighted by molar-refractivity contribution is 0.219. The zero-order chi connectivity index (χ0) is 14.5. The second-order valence-corrected chi connectivity index (χ2v) is 7.04. The fraction of sp³-hybridized carbons (Fsp3) is 0.882. The third-order valence-electron chi connectivity index (χ3n) is 5.57. The third kappa shape index (κ3) is 3.31. The van der Waals surface area contributed by atoms with Gasteiger partial charge in [0, 0.05) is 12.5 Å². The van der Waals surface area contributed by atoms with Gasteiger partial charge in [-0.15, -0.1) is 0 Å². The SMILES string of the molecule is NCC1(c2nc(C3CCCCCCC3)no2)CCCCC1. The molecule has 1 aromatic rings. The largest absolute Gasteiger partial charge is 0.339 e. The molecule has 1 aromatic heterocycles. The molecule has 0 aromatic carbocycles. The Bertz CT molecular complexity index is 429. The van der Waals surface area contributed by atoms with Crippen molar-refractivity contribution in [2.45, 2.75) is 88.4 Å². The summed E-state index contributed by atoms with van der Waals surface area (Å²) in [6.07, 6.45) is 15.1. The topological polar surface area (TPSA) is 64.9 Å². The Morgan fingerprint density at radius 3 is 2.24 bits per heavy atom. The molecule has 4 heteroatoms. The fourth-order valence-corrected chi connectivity index (χ4v) is 4.06. The Morgan fingerprint density at radius 1 is 0.952 bits per heavy atom. The smallest absolute Gasteiger partial charge is 0.234 e. The molecular formula is C17H29N3O. The zero-order valence-electron chi connectivity index (χ0n) is 13.1. The predicted octanol–water partition coefficient (Wildman–Crippen LogP) is 4.06. The van der Waals surface area contributed by atoms with Gasteiger partial charge in [-0.3, -0.25) is 0 Å². The monoisotopic (exact) mass is 291 g/mol. The Balaban J connectivity index is 1.75. The molecule has 2 N–H and O–H groups in total. The van der Waals surface area contributed by atoms with E-state index in [9.17, 15) is 0 Å². The van der Waals surface area contributed by atoms with E-state index in [-0.39, 0.29) is 5.41 Å². The van der Waals surface area contributed by atoms with E-state index in [4.69, 9.17) is 15.2 Å². The Labute approximate surface area is 127 Å². The maximum absolute atomic E-state index is 6.08. The van der Waals surface area contributed by atoms with Crippen LogP contribution in [0.15, 0.2) is 4.52 Å². The molecule has 4 nitrogen and oxygen atoms in total. The van der Waals surface area contributed by atoms with E-state index in [2.05, 4.69) is 5.16 Å². The highest BCUT2D eigenvalue weighted by Gasteiger charge is 2.38. The molecule has 0 aliphatic heterocycles. The lowest BCUT2D eigenvalue weighted by Crippen LogP contribution is -2.37. The number of hydrogen-bond donors (Lipinski definition) is 1. The lowest BCUT2D eigenvalue weighted by atomic mass is 9.74. The lowest BCUT2D eigenvalue weighted by Gasteiger charge is -2.32.